The quantitative estimate of drug-likeness (QED) is 0.617. The monoisotopic (exact) mass is 344 g/mol. The molecule has 1 aliphatic rings. The van der Waals surface area contributed by atoms with Crippen molar-refractivity contribution < 1.29 is 0 Å². The third kappa shape index (κ3) is 3.22. The average Bonchev–Trinajstić information content (AvgIpc) is 3.00. The molecule has 0 saturated carbocycles. The number of nitrogens with zero attached hydrogens (tertiary/aromatic N) is 2. The zero-order chi connectivity index (χ0) is 18.1. The molecule has 3 aromatic rings. The van der Waals surface area contributed by atoms with Gasteiger partial charge in [-0.25, -0.2) is 0 Å². The van der Waals surface area contributed by atoms with Gasteiger partial charge in [-0.1, -0.05) is 48.0 Å². The van der Waals surface area contributed by atoms with Gasteiger partial charge in [-0.05, 0) is 61.6 Å². The molecule has 0 amide bonds. The van der Waals surface area contributed by atoms with E-state index in [-0.39, 0.29) is 0 Å². The van der Waals surface area contributed by atoms with Crippen molar-refractivity contribution in [2.24, 2.45) is 0 Å². The van der Waals surface area contributed by atoms with Gasteiger partial charge in [-0.3, -0.25) is 4.90 Å². The van der Waals surface area contributed by atoms with Gasteiger partial charge in [0.25, 0.3) is 0 Å². The zero-order valence-corrected chi connectivity index (χ0v) is 16.1. The van der Waals surface area contributed by atoms with Crippen LogP contribution in [0.3, 0.4) is 0 Å². The highest BCUT2D eigenvalue weighted by Gasteiger charge is 2.28. The van der Waals surface area contributed by atoms with Crippen LogP contribution in [-0.4, -0.2) is 16.0 Å². The molecule has 0 spiro atoms. The van der Waals surface area contributed by atoms with E-state index in [9.17, 15) is 0 Å². The number of fused-ring (bicyclic) bond motifs is 1. The minimum Gasteiger partial charge on any atom is -0.350 e. The highest BCUT2D eigenvalue weighted by Crippen LogP contribution is 2.34. The Balaban J connectivity index is 1.77. The lowest BCUT2D eigenvalue weighted by Crippen LogP contribution is -2.30. The molecule has 0 fully saturated rings. The molecule has 0 bridgehead atoms. The van der Waals surface area contributed by atoms with Gasteiger partial charge in [-0.2, -0.15) is 0 Å². The van der Waals surface area contributed by atoms with Crippen LogP contribution in [0.4, 0.5) is 0 Å². The maximum absolute atomic E-state index is 2.67. The Morgan fingerprint density at radius 1 is 0.885 bits per heavy atom. The van der Waals surface area contributed by atoms with Crippen LogP contribution >= 0.6 is 0 Å². The van der Waals surface area contributed by atoms with E-state index in [2.05, 4.69) is 91.0 Å². The first kappa shape index (κ1) is 17.1. The van der Waals surface area contributed by atoms with Crippen molar-refractivity contribution in [3.8, 4) is 0 Å². The van der Waals surface area contributed by atoms with Gasteiger partial charge >= 0.3 is 0 Å². The van der Waals surface area contributed by atoms with Crippen LogP contribution in [0.1, 0.15) is 46.0 Å². The fourth-order valence-corrected chi connectivity index (χ4v) is 4.30. The van der Waals surface area contributed by atoms with Gasteiger partial charge in [0, 0.05) is 31.5 Å². The van der Waals surface area contributed by atoms with Crippen molar-refractivity contribution in [2.45, 2.75) is 46.3 Å². The molecular formula is C24H28N2. The molecular weight excluding hydrogens is 316 g/mol. The first-order valence-electron chi connectivity index (χ1n) is 9.64. The number of rotatable bonds is 3. The molecule has 2 heterocycles. The second-order valence-corrected chi connectivity index (χ2v) is 7.64. The topological polar surface area (TPSA) is 8.17 Å². The summed E-state index contributed by atoms with van der Waals surface area (Å²) < 4.78 is 2.44. The summed E-state index contributed by atoms with van der Waals surface area (Å²) in [6, 6.07) is 20.5. The standard InChI is InChI=1S/C24H28N2/c1-18-11-12-21(20(3)16-18)17-26-15-7-14-25-13-6-10-23(25)24(26)22-9-5-4-8-19(22)2/h4-6,8-13,16,24H,7,14-15,17H2,1-3H3/t24-/m0/s1. The van der Waals surface area contributed by atoms with Gasteiger partial charge in [0.2, 0.25) is 0 Å². The van der Waals surface area contributed by atoms with Crippen LogP contribution < -0.4 is 0 Å². The van der Waals surface area contributed by atoms with Crippen LogP contribution in [0, 0.1) is 20.8 Å². The summed E-state index contributed by atoms with van der Waals surface area (Å²) in [6.07, 6.45) is 3.43. The molecule has 2 nitrogen and oxygen atoms in total. The molecule has 1 aliphatic heterocycles. The minimum atomic E-state index is 0.314. The van der Waals surface area contributed by atoms with E-state index >= 15 is 0 Å². The van der Waals surface area contributed by atoms with Crippen molar-refractivity contribution in [2.75, 3.05) is 6.54 Å². The molecule has 2 heteroatoms. The van der Waals surface area contributed by atoms with Gasteiger partial charge in [0.1, 0.15) is 0 Å². The highest BCUT2D eigenvalue weighted by atomic mass is 15.2. The van der Waals surface area contributed by atoms with Crippen molar-refractivity contribution in [1.29, 1.82) is 0 Å². The van der Waals surface area contributed by atoms with Gasteiger partial charge in [0.15, 0.2) is 0 Å². The van der Waals surface area contributed by atoms with E-state index in [1.54, 1.807) is 0 Å². The van der Waals surface area contributed by atoms with Gasteiger partial charge < -0.3 is 4.57 Å². The Bertz CT molecular complexity index is 906. The summed E-state index contributed by atoms with van der Waals surface area (Å²) in [5, 5.41) is 0. The van der Waals surface area contributed by atoms with E-state index < -0.39 is 0 Å². The molecule has 1 aromatic heterocycles. The lowest BCUT2D eigenvalue weighted by atomic mass is 9.96. The number of hydrogen-bond donors (Lipinski definition) is 0. The van der Waals surface area contributed by atoms with Crippen molar-refractivity contribution in [3.63, 3.8) is 0 Å². The molecule has 1 atom stereocenters. The van der Waals surface area contributed by atoms with Crippen molar-refractivity contribution >= 4 is 0 Å². The molecule has 2 aromatic carbocycles. The molecule has 0 aliphatic carbocycles. The minimum absolute atomic E-state index is 0.314. The number of aromatic nitrogens is 1. The molecule has 0 N–H and O–H groups in total. The maximum atomic E-state index is 2.67. The van der Waals surface area contributed by atoms with Crippen LogP contribution in [0.15, 0.2) is 60.8 Å². The largest absolute Gasteiger partial charge is 0.350 e. The predicted octanol–water partition coefficient (Wildman–Crippen LogP) is 5.41. The Morgan fingerprint density at radius 3 is 2.54 bits per heavy atom. The third-order valence-corrected chi connectivity index (χ3v) is 5.71. The SMILES string of the molecule is Cc1ccc(CN2CCCn3cccc3[C@@H]2c2ccccc2C)c(C)c1. The number of hydrogen-bond acceptors (Lipinski definition) is 1. The fraction of sp³-hybridized carbons (Fsp3) is 0.333. The number of benzene rings is 2. The van der Waals surface area contributed by atoms with Crippen LogP contribution in [0.2, 0.25) is 0 Å². The number of aryl methyl sites for hydroxylation is 4. The Kier molecular flexibility index (Phi) is 4.69. The van der Waals surface area contributed by atoms with Crippen molar-refractivity contribution in [3.05, 3.63) is 94.3 Å². The lowest BCUT2D eigenvalue weighted by molar-refractivity contribution is 0.219. The zero-order valence-electron chi connectivity index (χ0n) is 16.1. The first-order valence-corrected chi connectivity index (χ1v) is 9.64. The van der Waals surface area contributed by atoms with E-state index in [0.29, 0.717) is 6.04 Å². The molecule has 26 heavy (non-hydrogen) atoms. The molecule has 0 radical (unpaired) electrons. The van der Waals surface area contributed by atoms with E-state index in [0.717, 1.165) is 19.6 Å². The lowest BCUT2D eigenvalue weighted by Gasteiger charge is -2.32. The van der Waals surface area contributed by atoms with Crippen LogP contribution in [0.5, 0.6) is 0 Å². The third-order valence-electron chi connectivity index (χ3n) is 5.71. The second-order valence-electron chi connectivity index (χ2n) is 7.64. The fourth-order valence-electron chi connectivity index (χ4n) is 4.30. The molecule has 0 unspecified atom stereocenters. The Hall–Kier alpha value is -2.32. The van der Waals surface area contributed by atoms with Crippen LogP contribution in [0.25, 0.3) is 0 Å². The molecule has 134 valence electrons. The summed E-state index contributed by atoms with van der Waals surface area (Å²) in [6.45, 7) is 9.87. The maximum Gasteiger partial charge on any atom is 0.0761 e. The summed E-state index contributed by atoms with van der Waals surface area (Å²) >= 11 is 0. The second kappa shape index (κ2) is 7.13. The van der Waals surface area contributed by atoms with Crippen LogP contribution in [-0.2, 0) is 13.1 Å². The molecule has 0 saturated heterocycles. The highest BCUT2D eigenvalue weighted by molar-refractivity contribution is 5.36. The summed E-state index contributed by atoms with van der Waals surface area (Å²) in [5.74, 6) is 0. The summed E-state index contributed by atoms with van der Waals surface area (Å²) in [5.41, 5.74) is 8.40. The molecule has 4 rings (SSSR count). The Morgan fingerprint density at radius 2 is 1.73 bits per heavy atom. The Labute approximate surface area is 157 Å². The summed E-state index contributed by atoms with van der Waals surface area (Å²) in [4.78, 5) is 2.67. The predicted molar refractivity (Wildman–Crippen MR) is 108 cm³/mol. The van der Waals surface area contributed by atoms with Crippen molar-refractivity contribution in [1.82, 2.24) is 9.47 Å². The normalized spacial score (nSPS) is 17.7. The van der Waals surface area contributed by atoms with E-state index in [4.69, 9.17) is 0 Å². The van der Waals surface area contributed by atoms with E-state index in [1.807, 2.05) is 0 Å². The first-order chi connectivity index (χ1) is 12.6. The summed E-state index contributed by atoms with van der Waals surface area (Å²) in [7, 11) is 0. The van der Waals surface area contributed by atoms with Gasteiger partial charge in [-0.15, -0.1) is 0 Å². The average molecular weight is 345 g/mol. The van der Waals surface area contributed by atoms with Gasteiger partial charge in [0.05, 0.1) is 6.04 Å². The van der Waals surface area contributed by atoms with E-state index in [1.165, 1.54) is 39.9 Å². The smallest absolute Gasteiger partial charge is 0.0761 e.